The van der Waals surface area contributed by atoms with Crippen molar-refractivity contribution in [2.45, 2.75) is 12.1 Å². The van der Waals surface area contributed by atoms with Gasteiger partial charge in [-0.15, -0.1) is 0 Å². The van der Waals surface area contributed by atoms with Gasteiger partial charge in [0.25, 0.3) is 5.56 Å². The van der Waals surface area contributed by atoms with Gasteiger partial charge in [0.15, 0.2) is 5.16 Å². The molecule has 0 unspecified atom stereocenters. The van der Waals surface area contributed by atoms with Gasteiger partial charge in [-0.1, -0.05) is 49.0 Å². The molecule has 0 amide bonds. The highest BCUT2D eigenvalue weighted by atomic mass is 32.2. The third-order valence-electron chi connectivity index (χ3n) is 2.07. The molecule has 0 saturated heterocycles. The Hall–Kier alpha value is -1.55. The zero-order chi connectivity index (χ0) is 11.4. The number of nitrogens with zero attached hydrogens (tertiary/aromatic N) is 1. The van der Waals surface area contributed by atoms with E-state index in [2.05, 4.69) is 9.97 Å². The summed E-state index contributed by atoms with van der Waals surface area (Å²) in [6.07, 6.45) is 0. The molecular formula is C12H12N2OS. The minimum atomic E-state index is -0.107. The molecule has 0 bridgehead atoms. The summed E-state index contributed by atoms with van der Waals surface area (Å²) in [5.41, 5.74) is 1.58. The van der Waals surface area contributed by atoms with E-state index in [-0.39, 0.29) is 5.56 Å². The van der Waals surface area contributed by atoms with E-state index < -0.39 is 0 Å². The fourth-order valence-corrected chi connectivity index (χ4v) is 2.01. The first-order chi connectivity index (χ1) is 7.79. The summed E-state index contributed by atoms with van der Waals surface area (Å²) in [5, 5.41) is 0.675. The van der Waals surface area contributed by atoms with Crippen LogP contribution in [0, 0.1) is 0 Å². The van der Waals surface area contributed by atoms with Gasteiger partial charge in [-0.25, -0.2) is 4.98 Å². The van der Waals surface area contributed by atoms with Crippen LogP contribution in [0.25, 0.3) is 11.3 Å². The monoisotopic (exact) mass is 232 g/mol. The van der Waals surface area contributed by atoms with Crippen LogP contribution in [0.3, 0.4) is 0 Å². The lowest BCUT2D eigenvalue weighted by Gasteiger charge is -2.02. The summed E-state index contributed by atoms with van der Waals surface area (Å²) < 4.78 is 0. The molecule has 0 atom stereocenters. The lowest BCUT2D eigenvalue weighted by molar-refractivity contribution is 0.943. The van der Waals surface area contributed by atoms with Gasteiger partial charge in [-0.3, -0.25) is 4.79 Å². The van der Waals surface area contributed by atoms with Gasteiger partial charge >= 0.3 is 0 Å². The largest absolute Gasteiger partial charge is 0.301 e. The van der Waals surface area contributed by atoms with Crippen LogP contribution < -0.4 is 5.56 Å². The minimum Gasteiger partial charge on any atom is -0.301 e. The molecule has 4 heteroatoms. The van der Waals surface area contributed by atoms with Crippen LogP contribution in [0.2, 0.25) is 0 Å². The Kier molecular flexibility index (Phi) is 3.41. The van der Waals surface area contributed by atoms with Crippen LogP contribution in [0.1, 0.15) is 6.92 Å². The zero-order valence-corrected chi connectivity index (χ0v) is 9.75. The highest BCUT2D eigenvalue weighted by Crippen LogP contribution is 2.17. The zero-order valence-electron chi connectivity index (χ0n) is 8.93. The molecule has 0 aliphatic carbocycles. The summed E-state index contributed by atoms with van der Waals surface area (Å²) in [7, 11) is 0. The molecular weight excluding hydrogens is 220 g/mol. The molecule has 1 aromatic carbocycles. The van der Waals surface area contributed by atoms with Crippen molar-refractivity contribution < 1.29 is 0 Å². The third-order valence-corrected chi connectivity index (χ3v) is 2.83. The molecule has 82 valence electrons. The molecule has 1 aromatic heterocycles. The number of thioether (sulfide) groups is 1. The predicted molar refractivity (Wildman–Crippen MR) is 66.7 cm³/mol. The quantitative estimate of drug-likeness (QED) is 0.653. The fourth-order valence-electron chi connectivity index (χ4n) is 1.40. The smallest absolute Gasteiger partial charge is 0.252 e. The van der Waals surface area contributed by atoms with E-state index >= 15 is 0 Å². The Labute approximate surface area is 97.9 Å². The third kappa shape index (κ3) is 2.52. The van der Waals surface area contributed by atoms with E-state index in [1.54, 1.807) is 0 Å². The lowest BCUT2D eigenvalue weighted by atomic mass is 10.1. The first kappa shape index (κ1) is 11.0. The maximum Gasteiger partial charge on any atom is 0.252 e. The Morgan fingerprint density at radius 2 is 2.06 bits per heavy atom. The molecule has 3 nitrogen and oxygen atoms in total. The van der Waals surface area contributed by atoms with Gasteiger partial charge in [0.2, 0.25) is 0 Å². The molecule has 0 saturated carbocycles. The normalized spacial score (nSPS) is 10.3. The van der Waals surface area contributed by atoms with E-state index in [0.717, 1.165) is 17.0 Å². The van der Waals surface area contributed by atoms with Gasteiger partial charge in [0, 0.05) is 11.6 Å². The number of rotatable bonds is 3. The molecule has 1 heterocycles. The van der Waals surface area contributed by atoms with E-state index in [9.17, 15) is 4.79 Å². The van der Waals surface area contributed by atoms with Crippen molar-refractivity contribution in [2.75, 3.05) is 5.75 Å². The summed E-state index contributed by atoms with van der Waals surface area (Å²) >= 11 is 1.53. The molecule has 0 radical (unpaired) electrons. The highest BCUT2D eigenvalue weighted by molar-refractivity contribution is 7.99. The second-order valence-corrected chi connectivity index (χ2v) is 4.49. The van der Waals surface area contributed by atoms with Crippen molar-refractivity contribution in [2.24, 2.45) is 0 Å². The van der Waals surface area contributed by atoms with E-state index in [0.29, 0.717) is 5.16 Å². The van der Waals surface area contributed by atoms with E-state index in [1.807, 2.05) is 37.3 Å². The van der Waals surface area contributed by atoms with Crippen molar-refractivity contribution in [1.29, 1.82) is 0 Å². The maximum absolute atomic E-state index is 11.5. The van der Waals surface area contributed by atoms with Crippen LogP contribution in [-0.4, -0.2) is 15.7 Å². The van der Waals surface area contributed by atoms with Gasteiger partial charge < -0.3 is 4.98 Å². The predicted octanol–water partition coefficient (Wildman–Crippen LogP) is 2.55. The summed E-state index contributed by atoms with van der Waals surface area (Å²) in [5.74, 6) is 0.890. The van der Waals surface area contributed by atoms with E-state index in [4.69, 9.17) is 0 Å². The maximum atomic E-state index is 11.5. The Balaban J connectivity index is 2.45. The van der Waals surface area contributed by atoms with Crippen LogP contribution >= 0.6 is 11.8 Å². The standard InChI is InChI=1S/C12H12N2OS/c1-2-16-12-13-10(8-11(15)14-12)9-6-4-3-5-7-9/h3-8H,2H2,1H3,(H,13,14,15). The Morgan fingerprint density at radius 3 is 2.75 bits per heavy atom. The number of hydrogen-bond donors (Lipinski definition) is 1. The molecule has 0 aliphatic heterocycles. The second kappa shape index (κ2) is 4.99. The van der Waals surface area contributed by atoms with Crippen molar-refractivity contribution in [3.8, 4) is 11.3 Å². The van der Waals surface area contributed by atoms with Crippen molar-refractivity contribution in [3.05, 3.63) is 46.8 Å². The average Bonchev–Trinajstić information content (AvgIpc) is 2.30. The fraction of sp³-hybridized carbons (Fsp3) is 0.167. The van der Waals surface area contributed by atoms with Crippen molar-refractivity contribution >= 4 is 11.8 Å². The van der Waals surface area contributed by atoms with Gasteiger partial charge in [0.05, 0.1) is 5.69 Å². The number of aromatic nitrogens is 2. The lowest BCUT2D eigenvalue weighted by Crippen LogP contribution is -2.08. The SMILES string of the molecule is CCSc1nc(-c2ccccc2)cc(=O)[nH]1. The number of benzene rings is 1. The van der Waals surface area contributed by atoms with Crippen LogP contribution in [0.15, 0.2) is 46.3 Å². The average molecular weight is 232 g/mol. The summed E-state index contributed by atoms with van der Waals surface area (Å²) in [4.78, 5) is 18.6. The molecule has 0 spiro atoms. The molecule has 2 aromatic rings. The van der Waals surface area contributed by atoms with Crippen molar-refractivity contribution in [3.63, 3.8) is 0 Å². The van der Waals surface area contributed by atoms with Crippen LogP contribution in [-0.2, 0) is 0 Å². The molecule has 2 rings (SSSR count). The first-order valence-corrected chi connectivity index (χ1v) is 6.07. The van der Waals surface area contributed by atoms with Gasteiger partial charge in [0.1, 0.15) is 0 Å². The summed E-state index contributed by atoms with van der Waals surface area (Å²) in [6.45, 7) is 2.03. The minimum absolute atomic E-state index is 0.107. The molecule has 0 aliphatic rings. The number of hydrogen-bond acceptors (Lipinski definition) is 3. The van der Waals surface area contributed by atoms with Crippen LogP contribution in [0.4, 0.5) is 0 Å². The second-order valence-electron chi connectivity index (χ2n) is 3.23. The molecule has 16 heavy (non-hydrogen) atoms. The molecule has 1 N–H and O–H groups in total. The van der Waals surface area contributed by atoms with Crippen LogP contribution in [0.5, 0.6) is 0 Å². The Morgan fingerprint density at radius 1 is 1.31 bits per heavy atom. The number of nitrogens with one attached hydrogen (secondary N) is 1. The van der Waals surface area contributed by atoms with Crippen molar-refractivity contribution in [1.82, 2.24) is 9.97 Å². The van der Waals surface area contributed by atoms with Gasteiger partial charge in [-0.05, 0) is 5.75 Å². The Bertz CT molecular complexity index is 522. The topological polar surface area (TPSA) is 45.8 Å². The number of H-pyrrole nitrogens is 1. The highest BCUT2D eigenvalue weighted by Gasteiger charge is 2.02. The summed E-state index contributed by atoms with van der Waals surface area (Å²) in [6, 6.07) is 11.2. The first-order valence-electron chi connectivity index (χ1n) is 5.09. The number of aromatic amines is 1. The van der Waals surface area contributed by atoms with Gasteiger partial charge in [-0.2, -0.15) is 0 Å². The molecule has 0 fully saturated rings. The van der Waals surface area contributed by atoms with E-state index in [1.165, 1.54) is 17.8 Å².